The molecule has 11 heavy (non-hydrogen) atoms. The summed E-state index contributed by atoms with van der Waals surface area (Å²) in [5, 5.41) is 8.92. The van der Waals surface area contributed by atoms with Gasteiger partial charge in [0.2, 0.25) is 0 Å². The average Bonchev–Trinajstić information content (AvgIpc) is 2.32. The molecule has 1 N–H and O–H groups in total. The van der Waals surface area contributed by atoms with Crippen molar-refractivity contribution in [3.05, 3.63) is 0 Å². The quantitative estimate of drug-likeness (QED) is 0.656. The molecule has 0 aromatic carbocycles. The summed E-state index contributed by atoms with van der Waals surface area (Å²) in [6.45, 7) is 7.54. The molecule has 1 saturated heterocycles. The number of hydrogen-bond donors (Lipinski definition) is 1. The molecule has 2 nitrogen and oxygen atoms in total. The highest BCUT2D eigenvalue weighted by molar-refractivity contribution is 4.81. The predicted molar refractivity (Wildman–Crippen MR) is 44.3 cm³/mol. The van der Waals surface area contributed by atoms with E-state index in [0.717, 1.165) is 6.61 Å². The van der Waals surface area contributed by atoms with Crippen LogP contribution in [0.4, 0.5) is 0 Å². The van der Waals surface area contributed by atoms with Crippen molar-refractivity contribution in [1.29, 1.82) is 0 Å². The Hall–Kier alpha value is -0.0800. The number of aliphatic hydroxyl groups excluding tert-OH is 1. The number of hydrogen-bond acceptors (Lipinski definition) is 2. The SMILES string of the molecule is CC(CO)[C@H]1OC[C@@H](C)[C@H]1C. The second-order valence-electron chi connectivity index (χ2n) is 3.79. The lowest BCUT2D eigenvalue weighted by Gasteiger charge is -2.21. The summed E-state index contributed by atoms with van der Waals surface area (Å²) in [4.78, 5) is 0. The summed E-state index contributed by atoms with van der Waals surface area (Å²) >= 11 is 0. The van der Waals surface area contributed by atoms with E-state index in [2.05, 4.69) is 13.8 Å². The molecule has 1 unspecified atom stereocenters. The Kier molecular flexibility index (Phi) is 2.90. The molecule has 0 spiro atoms. The van der Waals surface area contributed by atoms with Crippen LogP contribution in [0.25, 0.3) is 0 Å². The van der Waals surface area contributed by atoms with Crippen LogP contribution in [0, 0.1) is 17.8 Å². The average molecular weight is 158 g/mol. The van der Waals surface area contributed by atoms with Crippen molar-refractivity contribution >= 4 is 0 Å². The maximum atomic E-state index is 8.92. The topological polar surface area (TPSA) is 29.5 Å². The minimum atomic E-state index is 0.238. The molecule has 0 amide bonds. The molecule has 4 atom stereocenters. The first-order chi connectivity index (χ1) is 5.16. The minimum absolute atomic E-state index is 0.238. The predicted octanol–water partition coefficient (Wildman–Crippen LogP) is 1.29. The molecule has 1 fully saturated rings. The van der Waals surface area contributed by atoms with Crippen molar-refractivity contribution in [3.8, 4) is 0 Å². The monoisotopic (exact) mass is 158 g/mol. The van der Waals surface area contributed by atoms with Gasteiger partial charge < -0.3 is 9.84 Å². The Labute approximate surface area is 68.6 Å². The summed E-state index contributed by atoms with van der Waals surface area (Å²) in [6, 6.07) is 0. The third-order valence-electron chi connectivity index (χ3n) is 2.82. The Morgan fingerprint density at radius 1 is 1.55 bits per heavy atom. The lowest BCUT2D eigenvalue weighted by molar-refractivity contribution is 0.0280. The van der Waals surface area contributed by atoms with E-state index in [0.29, 0.717) is 11.8 Å². The third-order valence-corrected chi connectivity index (χ3v) is 2.82. The first-order valence-corrected chi connectivity index (χ1v) is 4.39. The van der Waals surface area contributed by atoms with Crippen molar-refractivity contribution in [3.63, 3.8) is 0 Å². The molecule has 2 heteroatoms. The zero-order valence-corrected chi connectivity index (χ0v) is 7.58. The van der Waals surface area contributed by atoms with Gasteiger partial charge in [0, 0.05) is 19.1 Å². The Balaban J connectivity index is 2.47. The van der Waals surface area contributed by atoms with Crippen LogP contribution in [-0.2, 0) is 4.74 Å². The van der Waals surface area contributed by atoms with Gasteiger partial charge in [0.05, 0.1) is 6.10 Å². The van der Waals surface area contributed by atoms with Gasteiger partial charge in [-0.3, -0.25) is 0 Å². The van der Waals surface area contributed by atoms with E-state index in [4.69, 9.17) is 9.84 Å². The molecule has 0 aromatic rings. The first kappa shape index (κ1) is 9.01. The molecule has 1 rings (SSSR count). The Morgan fingerprint density at radius 3 is 2.55 bits per heavy atom. The van der Waals surface area contributed by atoms with Gasteiger partial charge in [0.15, 0.2) is 0 Å². The maximum absolute atomic E-state index is 8.92. The molecule has 1 aliphatic rings. The molecule has 66 valence electrons. The highest BCUT2D eigenvalue weighted by Gasteiger charge is 2.33. The summed E-state index contributed by atoms with van der Waals surface area (Å²) < 4.78 is 5.57. The van der Waals surface area contributed by atoms with Gasteiger partial charge in [-0.2, -0.15) is 0 Å². The number of rotatable bonds is 2. The number of ether oxygens (including phenoxy) is 1. The highest BCUT2D eigenvalue weighted by atomic mass is 16.5. The second-order valence-corrected chi connectivity index (χ2v) is 3.79. The Bertz CT molecular complexity index is 125. The van der Waals surface area contributed by atoms with Crippen LogP contribution in [0.3, 0.4) is 0 Å². The molecule has 0 aromatic heterocycles. The second kappa shape index (κ2) is 3.55. The maximum Gasteiger partial charge on any atom is 0.0651 e. The van der Waals surface area contributed by atoms with Crippen molar-refractivity contribution in [2.75, 3.05) is 13.2 Å². The fourth-order valence-corrected chi connectivity index (χ4v) is 1.68. The van der Waals surface area contributed by atoms with Crippen LogP contribution in [-0.4, -0.2) is 24.4 Å². The van der Waals surface area contributed by atoms with E-state index in [1.165, 1.54) is 0 Å². The molecule has 0 saturated carbocycles. The molecule has 1 heterocycles. The van der Waals surface area contributed by atoms with Crippen molar-refractivity contribution in [2.45, 2.75) is 26.9 Å². The van der Waals surface area contributed by atoms with Crippen LogP contribution in [0.1, 0.15) is 20.8 Å². The van der Waals surface area contributed by atoms with Crippen LogP contribution in [0.15, 0.2) is 0 Å². The van der Waals surface area contributed by atoms with E-state index >= 15 is 0 Å². The van der Waals surface area contributed by atoms with E-state index < -0.39 is 0 Å². The standard InChI is InChI=1S/C9H18O2/c1-6(4-10)9-8(3)7(2)5-11-9/h6-10H,4-5H2,1-3H3/t6?,7-,8-,9-/m1/s1. The lowest BCUT2D eigenvalue weighted by Crippen LogP contribution is -2.26. The molecule has 1 aliphatic heterocycles. The number of aliphatic hydroxyl groups is 1. The van der Waals surface area contributed by atoms with Crippen LogP contribution in [0.5, 0.6) is 0 Å². The lowest BCUT2D eigenvalue weighted by atomic mass is 9.88. The fourth-order valence-electron chi connectivity index (χ4n) is 1.68. The van der Waals surface area contributed by atoms with Gasteiger partial charge in [-0.1, -0.05) is 20.8 Å². The molecule has 0 bridgehead atoms. The van der Waals surface area contributed by atoms with E-state index in [9.17, 15) is 0 Å². The normalized spacial score (nSPS) is 40.9. The van der Waals surface area contributed by atoms with E-state index in [1.807, 2.05) is 6.92 Å². The zero-order valence-electron chi connectivity index (χ0n) is 7.58. The fraction of sp³-hybridized carbons (Fsp3) is 1.00. The Morgan fingerprint density at radius 2 is 2.18 bits per heavy atom. The van der Waals surface area contributed by atoms with Gasteiger partial charge >= 0.3 is 0 Å². The summed E-state index contributed by atoms with van der Waals surface area (Å²) in [5.74, 6) is 1.53. The third kappa shape index (κ3) is 1.74. The molecule has 0 aliphatic carbocycles. The molecular formula is C9H18O2. The first-order valence-electron chi connectivity index (χ1n) is 4.39. The van der Waals surface area contributed by atoms with Crippen molar-refractivity contribution in [2.24, 2.45) is 17.8 Å². The smallest absolute Gasteiger partial charge is 0.0651 e. The van der Waals surface area contributed by atoms with Crippen molar-refractivity contribution in [1.82, 2.24) is 0 Å². The van der Waals surface area contributed by atoms with E-state index in [-0.39, 0.29) is 18.6 Å². The summed E-state index contributed by atoms with van der Waals surface area (Å²) in [5.41, 5.74) is 0. The summed E-state index contributed by atoms with van der Waals surface area (Å²) in [6.07, 6.45) is 0.273. The van der Waals surface area contributed by atoms with E-state index in [1.54, 1.807) is 0 Å². The summed E-state index contributed by atoms with van der Waals surface area (Å²) in [7, 11) is 0. The van der Waals surface area contributed by atoms with Gasteiger partial charge in [-0.25, -0.2) is 0 Å². The molecular weight excluding hydrogens is 140 g/mol. The van der Waals surface area contributed by atoms with Crippen LogP contribution in [0.2, 0.25) is 0 Å². The van der Waals surface area contributed by atoms with Gasteiger partial charge in [0.1, 0.15) is 0 Å². The van der Waals surface area contributed by atoms with Gasteiger partial charge in [-0.05, 0) is 11.8 Å². The van der Waals surface area contributed by atoms with Crippen molar-refractivity contribution < 1.29 is 9.84 Å². The van der Waals surface area contributed by atoms with Crippen LogP contribution >= 0.6 is 0 Å². The zero-order chi connectivity index (χ0) is 8.43. The molecule has 0 radical (unpaired) electrons. The van der Waals surface area contributed by atoms with Gasteiger partial charge in [-0.15, -0.1) is 0 Å². The van der Waals surface area contributed by atoms with Gasteiger partial charge in [0.25, 0.3) is 0 Å². The minimum Gasteiger partial charge on any atom is -0.396 e. The largest absolute Gasteiger partial charge is 0.396 e. The van der Waals surface area contributed by atoms with Crippen LogP contribution < -0.4 is 0 Å². The highest BCUT2D eigenvalue weighted by Crippen LogP contribution is 2.30.